The van der Waals surface area contributed by atoms with Gasteiger partial charge >= 0.3 is 0 Å². The third kappa shape index (κ3) is 6.68. The molecule has 0 spiro atoms. The molecule has 0 atom stereocenters. The molecule has 10 heteroatoms. The van der Waals surface area contributed by atoms with E-state index in [1.807, 2.05) is 17.0 Å². The topological polar surface area (TPSA) is 80.2 Å². The first-order chi connectivity index (χ1) is 15.7. The first-order valence-electron chi connectivity index (χ1n) is 11.3. The van der Waals surface area contributed by atoms with Crippen molar-refractivity contribution in [3.05, 3.63) is 48.8 Å². The maximum absolute atomic E-state index is 12.7. The van der Waals surface area contributed by atoms with Crippen molar-refractivity contribution in [1.29, 1.82) is 0 Å². The van der Waals surface area contributed by atoms with Gasteiger partial charge in [-0.05, 0) is 18.2 Å². The number of nitrogens with one attached hydrogen (secondary N) is 1. The van der Waals surface area contributed by atoms with Crippen LogP contribution in [-0.4, -0.2) is 97.6 Å². The second-order valence-corrected chi connectivity index (χ2v) is 7.95. The van der Waals surface area contributed by atoms with E-state index in [1.54, 1.807) is 19.4 Å². The third-order valence-corrected chi connectivity index (χ3v) is 6.00. The van der Waals surface area contributed by atoms with E-state index in [2.05, 4.69) is 59.2 Å². The predicted molar refractivity (Wildman–Crippen MR) is 142 cm³/mol. The van der Waals surface area contributed by atoms with E-state index in [-0.39, 0.29) is 29.9 Å². The van der Waals surface area contributed by atoms with E-state index in [0.29, 0.717) is 26.1 Å². The van der Waals surface area contributed by atoms with Crippen LogP contribution in [0.15, 0.2) is 53.8 Å². The number of amides is 1. The van der Waals surface area contributed by atoms with Gasteiger partial charge in [-0.3, -0.25) is 9.79 Å². The molecule has 0 saturated carbocycles. The third-order valence-electron chi connectivity index (χ3n) is 6.00. The number of rotatable bonds is 5. The molecule has 1 N–H and O–H groups in total. The van der Waals surface area contributed by atoms with Crippen LogP contribution in [0.3, 0.4) is 0 Å². The van der Waals surface area contributed by atoms with E-state index in [0.717, 1.165) is 51.2 Å². The van der Waals surface area contributed by atoms with Gasteiger partial charge in [-0.15, -0.1) is 24.0 Å². The van der Waals surface area contributed by atoms with Gasteiger partial charge in [-0.2, -0.15) is 0 Å². The highest BCUT2D eigenvalue weighted by Crippen LogP contribution is 2.15. The zero-order valence-electron chi connectivity index (χ0n) is 19.1. The summed E-state index contributed by atoms with van der Waals surface area (Å²) in [6.07, 6.45) is 3.96. The van der Waals surface area contributed by atoms with Crippen LogP contribution in [0.5, 0.6) is 0 Å². The molecule has 1 amide bonds. The van der Waals surface area contributed by atoms with Gasteiger partial charge in [0.1, 0.15) is 0 Å². The molecule has 4 rings (SSSR count). The zero-order chi connectivity index (χ0) is 22.2. The fourth-order valence-corrected chi connectivity index (χ4v) is 4.20. The van der Waals surface area contributed by atoms with Gasteiger partial charge in [0.05, 0.1) is 0 Å². The quantitative estimate of drug-likeness (QED) is 0.335. The number of aliphatic imine (C=N–C) groups is 1. The number of nitrogens with zero attached hydrogens (tertiary/aromatic N) is 7. The number of anilines is 2. The molecule has 0 aliphatic carbocycles. The zero-order valence-corrected chi connectivity index (χ0v) is 21.5. The minimum atomic E-state index is 0. The molecule has 0 unspecified atom stereocenters. The summed E-state index contributed by atoms with van der Waals surface area (Å²) in [5.41, 5.74) is 1.26. The fourth-order valence-electron chi connectivity index (χ4n) is 4.20. The lowest BCUT2D eigenvalue weighted by atomic mass is 10.2. The Morgan fingerprint density at radius 3 is 2.12 bits per heavy atom. The summed E-state index contributed by atoms with van der Waals surface area (Å²) in [6.45, 7) is 7.25. The minimum absolute atomic E-state index is 0. The summed E-state index contributed by atoms with van der Waals surface area (Å²) in [5, 5.41) is 3.38. The van der Waals surface area contributed by atoms with Crippen molar-refractivity contribution in [3.8, 4) is 0 Å². The monoisotopic (exact) mass is 564 g/mol. The molecular weight excluding hydrogens is 531 g/mol. The molecule has 9 nitrogen and oxygen atoms in total. The van der Waals surface area contributed by atoms with Crippen LogP contribution in [0.4, 0.5) is 11.6 Å². The van der Waals surface area contributed by atoms with Gasteiger partial charge in [0.15, 0.2) is 5.96 Å². The molecule has 2 aliphatic rings. The Kier molecular flexibility index (Phi) is 9.52. The number of benzene rings is 1. The van der Waals surface area contributed by atoms with Crippen molar-refractivity contribution in [2.75, 3.05) is 75.8 Å². The smallest absolute Gasteiger partial charge is 0.225 e. The van der Waals surface area contributed by atoms with Crippen LogP contribution in [0.1, 0.15) is 6.42 Å². The van der Waals surface area contributed by atoms with Crippen LogP contribution in [-0.2, 0) is 4.79 Å². The molecule has 2 aromatic rings. The van der Waals surface area contributed by atoms with Crippen molar-refractivity contribution in [2.45, 2.75) is 6.42 Å². The second kappa shape index (κ2) is 12.6. The molecule has 1 aromatic carbocycles. The summed E-state index contributed by atoms with van der Waals surface area (Å²) in [6, 6.07) is 12.3. The highest BCUT2D eigenvalue weighted by atomic mass is 127. The lowest BCUT2D eigenvalue weighted by molar-refractivity contribution is -0.131. The van der Waals surface area contributed by atoms with Gasteiger partial charge in [-0.1, -0.05) is 18.2 Å². The lowest BCUT2D eigenvalue weighted by Gasteiger charge is -2.38. The number of hydrogen-bond acceptors (Lipinski definition) is 6. The molecule has 2 aliphatic heterocycles. The predicted octanol–water partition coefficient (Wildman–Crippen LogP) is 1.53. The van der Waals surface area contributed by atoms with E-state index in [9.17, 15) is 4.79 Å². The van der Waals surface area contributed by atoms with Gasteiger partial charge in [0.2, 0.25) is 11.9 Å². The first kappa shape index (κ1) is 25.0. The van der Waals surface area contributed by atoms with Crippen LogP contribution >= 0.6 is 24.0 Å². The second-order valence-electron chi connectivity index (χ2n) is 7.95. The Balaban J connectivity index is 0.00000306. The normalized spacial score (nSPS) is 16.9. The number of aromatic nitrogens is 2. The number of carbonyl (C=O) groups excluding carboxylic acids is 1. The fraction of sp³-hybridized carbons (Fsp3) is 0.478. The average Bonchev–Trinajstić information content (AvgIpc) is 2.88. The van der Waals surface area contributed by atoms with E-state index in [1.165, 1.54) is 5.69 Å². The Morgan fingerprint density at radius 1 is 0.879 bits per heavy atom. The summed E-state index contributed by atoms with van der Waals surface area (Å²) in [4.78, 5) is 34.4. The molecular formula is C23H33IN8O. The number of halogens is 1. The Labute approximate surface area is 212 Å². The number of hydrogen-bond donors (Lipinski definition) is 1. The van der Waals surface area contributed by atoms with Crippen molar-refractivity contribution in [2.24, 2.45) is 4.99 Å². The highest BCUT2D eigenvalue weighted by Gasteiger charge is 2.23. The van der Waals surface area contributed by atoms with Gasteiger partial charge in [0.25, 0.3) is 0 Å². The summed E-state index contributed by atoms with van der Waals surface area (Å²) in [7, 11) is 1.80. The molecule has 33 heavy (non-hydrogen) atoms. The summed E-state index contributed by atoms with van der Waals surface area (Å²) < 4.78 is 0. The van der Waals surface area contributed by atoms with Crippen molar-refractivity contribution in [3.63, 3.8) is 0 Å². The van der Waals surface area contributed by atoms with Crippen molar-refractivity contribution in [1.82, 2.24) is 25.1 Å². The molecule has 2 saturated heterocycles. The molecule has 0 radical (unpaired) electrons. The molecule has 0 bridgehead atoms. The minimum Gasteiger partial charge on any atom is -0.368 e. The van der Waals surface area contributed by atoms with Crippen molar-refractivity contribution < 1.29 is 4.79 Å². The Bertz CT molecular complexity index is 882. The van der Waals surface area contributed by atoms with E-state index < -0.39 is 0 Å². The van der Waals surface area contributed by atoms with Crippen LogP contribution in [0.25, 0.3) is 0 Å². The Hall–Kier alpha value is -2.63. The molecule has 3 heterocycles. The van der Waals surface area contributed by atoms with E-state index >= 15 is 0 Å². The van der Waals surface area contributed by atoms with Crippen LogP contribution in [0.2, 0.25) is 0 Å². The number of carbonyl (C=O) groups is 1. The van der Waals surface area contributed by atoms with Gasteiger partial charge in [0, 0.05) is 90.5 Å². The number of guanidine groups is 1. The van der Waals surface area contributed by atoms with Gasteiger partial charge in [-0.25, -0.2) is 9.97 Å². The maximum atomic E-state index is 12.7. The average molecular weight is 564 g/mol. The largest absolute Gasteiger partial charge is 0.368 e. The van der Waals surface area contributed by atoms with Crippen molar-refractivity contribution >= 4 is 47.5 Å². The van der Waals surface area contributed by atoms with Crippen LogP contribution < -0.4 is 15.1 Å². The Morgan fingerprint density at radius 2 is 1.48 bits per heavy atom. The van der Waals surface area contributed by atoms with Crippen LogP contribution in [0, 0.1) is 0 Å². The first-order valence-corrected chi connectivity index (χ1v) is 11.3. The number of para-hydroxylation sites is 1. The SMILES string of the molecule is CN=C(NCCC(=O)N1CCN(c2ncccn2)CC1)N1CCN(c2ccccc2)CC1.I. The highest BCUT2D eigenvalue weighted by molar-refractivity contribution is 14.0. The number of piperazine rings is 2. The molecule has 178 valence electrons. The lowest BCUT2D eigenvalue weighted by Crippen LogP contribution is -2.53. The summed E-state index contributed by atoms with van der Waals surface area (Å²) >= 11 is 0. The summed E-state index contributed by atoms with van der Waals surface area (Å²) in [5.74, 6) is 1.78. The van der Waals surface area contributed by atoms with Gasteiger partial charge < -0.3 is 24.9 Å². The standard InChI is InChI=1S/C23H32N8O.HI/c1-24-22(30-16-12-28(13-17-30)20-6-3-2-4-7-20)27-11-8-21(32)29-14-18-31(19-15-29)23-25-9-5-10-26-23;/h2-7,9-10H,8,11-19H2,1H3,(H,24,27);1H. The molecule has 2 fully saturated rings. The molecule has 1 aromatic heterocycles. The maximum Gasteiger partial charge on any atom is 0.225 e. The van der Waals surface area contributed by atoms with E-state index in [4.69, 9.17) is 0 Å².